The van der Waals surface area contributed by atoms with Crippen LogP contribution >= 0.6 is 0 Å². The molecule has 0 aliphatic carbocycles. The Kier molecular flexibility index (Phi) is 8.83. The number of alkyl carbamates (subject to hydrolysis) is 1. The molecule has 6 nitrogen and oxygen atoms in total. The summed E-state index contributed by atoms with van der Waals surface area (Å²) in [6.07, 6.45) is -1.63. The number of carbonyl (C=O) groups excluding carboxylic acids is 1. The van der Waals surface area contributed by atoms with E-state index in [-0.39, 0.29) is 27.6 Å². The predicted octanol–water partition coefficient (Wildman–Crippen LogP) is 8.06. The Morgan fingerprint density at radius 2 is 1.63 bits per heavy atom. The fourth-order valence-electron chi connectivity index (χ4n) is 4.51. The van der Waals surface area contributed by atoms with Gasteiger partial charge in [-0.25, -0.2) is 27.3 Å². The molecule has 1 saturated heterocycles. The van der Waals surface area contributed by atoms with E-state index < -0.39 is 68.3 Å². The zero-order valence-corrected chi connectivity index (χ0v) is 26.6. The molecule has 1 atom stereocenters. The maximum Gasteiger partial charge on any atom is 0.407 e. The van der Waals surface area contributed by atoms with Crippen LogP contribution in [0, 0.1) is 11.6 Å². The minimum atomic E-state index is -3.23. The molecular weight excluding hydrogens is 556 g/mol. The lowest BCUT2D eigenvalue weighted by Crippen LogP contribution is -2.47. The Hall–Kier alpha value is -2.50. The first-order valence-corrected chi connectivity index (χ1v) is 16.5. The van der Waals surface area contributed by atoms with Crippen LogP contribution in [-0.2, 0) is 25.1 Å². The third-order valence-electron chi connectivity index (χ3n) is 7.53. The second-order valence-electron chi connectivity index (χ2n) is 13.8. The van der Waals surface area contributed by atoms with Gasteiger partial charge in [0.15, 0.2) is 14.1 Å². The van der Waals surface area contributed by atoms with Crippen molar-refractivity contribution in [2.75, 3.05) is 13.2 Å². The minimum absolute atomic E-state index is 0.00614. The van der Waals surface area contributed by atoms with Crippen molar-refractivity contribution in [2.45, 2.75) is 103 Å². The molecule has 0 saturated carbocycles. The lowest BCUT2D eigenvalue weighted by atomic mass is 9.88. The van der Waals surface area contributed by atoms with E-state index in [2.05, 4.69) is 31.1 Å². The number of amides is 1. The number of hydrogen-bond donors (Lipinski definition) is 1. The molecule has 1 N–H and O–H groups in total. The van der Waals surface area contributed by atoms with Crippen molar-refractivity contribution in [1.82, 2.24) is 10.3 Å². The zero-order valence-electron chi connectivity index (χ0n) is 25.6. The first-order valence-electron chi connectivity index (χ1n) is 13.6. The average Bonchev–Trinajstić information content (AvgIpc) is 3.11. The van der Waals surface area contributed by atoms with Crippen molar-refractivity contribution in [3.05, 3.63) is 53.2 Å². The van der Waals surface area contributed by atoms with Gasteiger partial charge >= 0.3 is 6.09 Å². The van der Waals surface area contributed by atoms with Gasteiger partial charge in [0.2, 0.25) is 0 Å². The summed E-state index contributed by atoms with van der Waals surface area (Å²) in [7, 11) is -2.46. The number of rotatable bonds is 7. The minimum Gasteiger partial charge on any atom is -0.444 e. The molecule has 0 spiro atoms. The highest BCUT2D eigenvalue weighted by atomic mass is 28.4. The van der Waals surface area contributed by atoms with Crippen molar-refractivity contribution >= 4 is 14.4 Å². The number of pyridine rings is 1. The second kappa shape index (κ2) is 11.0. The Morgan fingerprint density at radius 3 is 2.12 bits per heavy atom. The molecule has 1 aliphatic rings. The fraction of sp³-hybridized carbons (Fsp3) is 0.600. The maximum atomic E-state index is 16.4. The number of benzene rings is 1. The van der Waals surface area contributed by atoms with Crippen LogP contribution in [0.4, 0.5) is 22.4 Å². The molecule has 3 rings (SSSR count). The third-order valence-corrected chi connectivity index (χ3v) is 12.2. The first-order chi connectivity index (χ1) is 18.5. The lowest BCUT2D eigenvalue weighted by molar-refractivity contribution is -0.0280. The van der Waals surface area contributed by atoms with Gasteiger partial charge in [0.25, 0.3) is 5.92 Å². The number of hydrogen-bond acceptors (Lipinski definition) is 5. The van der Waals surface area contributed by atoms with Gasteiger partial charge in [0.1, 0.15) is 29.3 Å². The van der Waals surface area contributed by atoms with Gasteiger partial charge in [-0.3, -0.25) is 0 Å². The largest absolute Gasteiger partial charge is 0.444 e. The van der Waals surface area contributed by atoms with Crippen LogP contribution in [-0.4, -0.2) is 44.1 Å². The van der Waals surface area contributed by atoms with Crippen LogP contribution in [0.25, 0.3) is 11.3 Å². The smallest absolute Gasteiger partial charge is 0.407 e. The van der Waals surface area contributed by atoms with E-state index in [1.54, 1.807) is 34.6 Å². The zero-order chi connectivity index (χ0) is 31.2. The summed E-state index contributed by atoms with van der Waals surface area (Å²) in [6, 6.07) is 6.45. The number of nitrogens with zero attached hydrogens (tertiary/aromatic N) is 1. The first kappa shape index (κ1) is 33.0. The van der Waals surface area contributed by atoms with Crippen LogP contribution in [0.15, 0.2) is 30.3 Å². The molecule has 1 amide bonds. The quantitative estimate of drug-likeness (QED) is 0.258. The molecule has 2 aromatic rings. The van der Waals surface area contributed by atoms with Gasteiger partial charge in [0, 0.05) is 11.1 Å². The third kappa shape index (κ3) is 7.67. The normalized spacial score (nSPS) is 19.8. The van der Waals surface area contributed by atoms with Crippen molar-refractivity contribution in [1.29, 1.82) is 0 Å². The Labute approximate surface area is 241 Å². The molecule has 1 aromatic carbocycles. The lowest BCUT2D eigenvalue weighted by Gasteiger charge is -2.43. The van der Waals surface area contributed by atoms with Crippen molar-refractivity contribution in [3.8, 4) is 11.3 Å². The van der Waals surface area contributed by atoms with E-state index in [9.17, 15) is 18.0 Å². The topological polar surface area (TPSA) is 69.7 Å². The molecular formula is C30H42F4N2O4Si. The number of nitrogens with one attached hydrogen (secondary N) is 1. The SMILES string of the molecule is CC(C)(C)OC(=O)NCC1(c2cc(C(C)(C)O[Si](C)(C)C(C)(C)C)c(F)c(-c3ccc(F)cc3)n2)CC(F)(F)CO1. The molecule has 1 unspecified atom stereocenters. The van der Waals surface area contributed by atoms with E-state index in [0.29, 0.717) is 0 Å². The van der Waals surface area contributed by atoms with E-state index in [1.807, 2.05) is 13.1 Å². The van der Waals surface area contributed by atoms with Crippen molar-refractivity contribution < 1.29 is 36.3 Å². The summed E-state index contributed by atoms with van der Waals surface area (Å²) in [4.78, 5) is 17.0. The molecule has 11 heteroatoms. The van der Waals surface area contributed by atoms with Gasteiger partial charge in [0.05, 0.1) is 24.3 Å². The average molecular weight is 599 g/mol. The second-order valence-corrected chi connectivity index (χ2v) is 18.5. The summed E-state index contributed by atoms with van der Waals surface area (Å²) in [5.41, 5.74) is -3.67. The molecule has 0 bridgehead atoms. The van der Waals surface area contributed by atoms with E-state index >= 15 is 4.39 Å². The van der Waals surface area contributed by atoms with Crippen LogP contribution in [0.5, 0.6) is 0 Å². The molecule has 1 aliphatic heterocycles. The summed E-state index contributed by atoms with van der Waals surface area (Å²) in [5, 5.41) is 2.33. The summed E-state index contributed by atoms with van der Waals surface area (Å²) >= 11 is 0. The molecule has 228 valence electrons. The van der Waals surface area contributed by atoms with Crippen LogP contribution in [0.3, 0.4) is 0 Å². The van der Waals surface area contributed by atoms with Gasteiger partial charge < -0.3 is 19.2 Å². The monoisotopic (exact) mass is 598 g/mol. The highest BCUT2D eigenvalue weighted by Gasteiger charge is 2.54. The molecule has 41 heavy (non-hydrogen) atoms. The molecule has 2 heterocycles. The van der Waals surface area contributed by atoms with Gasteiger partial charge in [-0.1, -0.05) is 20.8 Å². The summed E-state index contributed by atoms with van der Waals surface area (Å²) in [5.74, 6) is -4.47. The number of ether oxygens (including phenoxy) is 2. The van der Waals surface area contributed by atoms with E-state index in [0.717, 1.165) is 0 Å². The Morgan fingerprint density at radius 1 is 1.05 bits per heavy atom. The molecule has 1 fully saturated rings. The molecule has 1 aromatic heterocycles. The summed E-state index contributed by atoms with van der Waals surface area (Å²) < 4.78 is 77.2. The van der Waals surface area contributed by atoms with Gasteiger partial charge in [-0.15, -0.1) is 0 Å². The number of halogens is 4. The van der Waals surface area contributed by atoms with E-state index in [1.165, 1.54) is 30.3 Å². The van der Waals surface area contributed by atoms with Crippen molar-refractivity contribution in [2.24, 2.45) is 0 Å². The highest BCUT2D eigenvalue weighted by Crippen LogP contribution is 2.47. The molecule has 0 radical (unpaired) electrons. The van der Waals surface area contributed by atoms with Crippen LogP contribution < -0.4 is 5.32 Å². The maximum absolute atomic E-state index is 16.4. The predicted molar refractivity (Wildman–Crippen MR) is 152 cm³/mol. The number of carbonyl (C=O) groups is 1. The summed E-state index contributed by atoms with van der Waals surface area (Å²) in [6.45, 7) is 17.4. The highest BCUT2D eigenvalue weighted by molar-refractivity contribution is 6.74. The van der Waals surface area contributed by atoms with Crippen LogP contribution in [0.1, 0.15) is 73.1 Å². The number of alkyl halides is 2. The fourth-order valence-corrected chi connectivity index (χ4v) is 6.20. The number of aromatic nitrogens is 1. The van der Waals surface area contributed by atoms with E-state index in [4.69, 9.17) is 13.9 Å². The van der Waals surface area contributed by atoms with Gasteiger partial charge in [-0.05, 0) is 83.1 Å². The Bertz CT molecular complexity index is 1270. The van der Waals surface area contributed by atoms with Crippen molar-refractivity contribution in [3.63, 3.8) is 0 Å². The Balaban J connectivity index is 2.22. The standard InChI is InChI=1S/C30H42F4N2O4Si/c1-26(2,3)39-25(37)35-17-29(16-30(33,34)18-38-29)22-15-21(28(7,8)40-41(9,10)27(4,5)6)23(32)24(36-22)19-11-13-20(31)14-12-19/h11-15H,16-18H2,1-10H3,(H,35,37). The van der Waals surface area contributed by atoms with Crippen LogP contribution in [0.2, 0.25) is 18.1 Å². The van der Waals surface area contributed by atoms with Gasteiger partial charge in [-0.2, -0.15) is 0 Å².